The quantitative estimate of drug-likeness (QED) is 0.777. The molecule has 2 aromatic carbocycles. The maximum absolute atomic E-state index is 10.3. The minimum atomic E-state index is -0.458. The van der Waals surface area contributed by atoms with Gasteiger partial charge in [-0.05, 0) is 49.1 Å². The smallest absolute Gasteiger partial charge is 0.161 e. The number of hydrogen-bond acceptors (Lipinski definition) is 4. The molecule has 0 aliphatic carbocycles. The SMILES string of the molecule is COc1cc(C)c(CNC(C)CC(O)c2ccccc2)cc1OC. The molecule has 4 nitrogen and oxygen atoms in total. The van der Waals surface area contributed by atoms with Gasteiger partial charge in [0.1, 0.15) is 0 Å². The van der Waals surface area contributed by atoms with Crippen molar-refractivity contribution >= 4 is 0 Å². The molecule has 0 radical (unpaired) electrons. The highest BCUT2D eigenvalue weighted by Crippen LogP contribution is 2.30. The molecule has 2 rings (SSSR count). The van der Waals surface area contributed by atoms with Gasteiger partial charge in [0.05, 0.1) is 20.3 Å². The van der Waals surface area contributed by atoms with Crippen LogP contribution >= 0.6 is 0 Å². The number of ether oxygens (including phenoxy) is 2. The standard InChI is InChI=1S/C20H27NO3/c1-14-10-19(23-3)20(24-4)12-17(14)13-21-15(2)11-18(22)16-8-6-5-7-9-16/h5-10,12,15,18,21-22H,11,13H2,1-4H3. The Morgan fingerprint density at radius 2 is 1.67 bits per heavy atom. The van der Waals surface area contributed by atoms with E-state index >= 15 is 0 Å². The zero-order valence-corrected chi connectivity index (χ0v) is 14.9. The van der Waals surface area contributed by atoms with Crippen molar-refractivity contribution in [3.05, 3.63) is 59.2 Å². The summed E-state index contributed by atoms with van der Waals surface area (Å²) < 4.78 is 10.7. The summed E-state index contributed by atoms with van der Waals surface area (Å²) in [7, 11) is 3.28. The van der Waals surface area contributed by atoms with Crippen molar-refractivity contribution in [2.24, 2.45) is 0 Å². The Morgan fingerprint density at radius 3 is 2.29 bits per heavy atom. The van der Waals surface area contributed by atoms with Crippen molar-refractivity contribution in [2.75, 3.05) is 14.2 Å². The highest BCUT2D eigenvalue weighted by atomic mass is 16.5. The van der Waals surface area contributed by atoms with E-state index in [9.17, 15) is 5.11 Å². The second kappa shape index (κ2) is 8.71. The molecule has 0 fully saturated rings. The lowest BCUT2D eigenvalue weighted by Crippen LogP contribution is -2.27. The molecular formula is C20H27NO3. The lowest BCUT2D eigenvalue weighted by molar-refractivity contribution is 0.154. The first kappa shape index (κ1) is 18.3. The van der Waals surface area contributed by atoms with Crippen LogP contribution in [0.15, 0.2) is 42.5 Å². The first-order valence-electron chi connectivity index (χ1n) is 8.23. The molecule has 0 saturated carbocycles. The summed E-state index contributed by atoms with van der Waals surface area (Å²) in [6, 6.07) is 13.9. The molecule has 2 aromatic rings. The van der Waals surface area contributed by atoms with Crippen molar-refractivity contribution in [1.29, 1.82) is 0 Å². The second-order valence-corrected chi connectivity index (χ2v) is 6.08. The van der Waals surface area contributed by atoms with Gasteiger partial charge in [-0.2, -0.15) is 0 Å². The Hall–Kier alpha value is -2.04. The van der Waals surface area contributed by atoms with Gasteiger partial charge in [-0.1, -0.05) is 30.3 Å². The number of benzene rings is 2. The maximum Gasteiger partial charge on any atom is 0.161 e. The van der Waals surface area contributed by atoms with Crippen molar-refractivity contribution in [3.8, 4) is 11.5 Å². The number of aliphatic hydroxyl groups excluding tert-OH is 1. The number of methoxy groups -OCH3 is 2. The minimum Gasteiger partial charge on any atom is -0.493 e. The molecule has 0 spiro atoms. The third-order valence-corrected chi connectivity index (χ3v) is 4.24. The van der Waals surface area contributed by atoms with Crippen LogP contribution in [0, 0.1) is 6.92 Å². The van der Waals surface area contributed by atoms with Gasteiger partial charge in [0.15, 0.2) is 11.5 Å². The monoisotopic (exact) mass is 329 g/mol. The fourth-order valence-electron chi connectivity index (χ4n) is 2.73. The molecule has 24 heavy (non-hydrogen) atoms. The first-order valence-corrected chi connectivity index (χ1v) is 8.23. The second-order valence-electron chi connectivity index (χ2n) is 6.08. The van der Waals surface area contributed by atoms with Crippen LogP contribution in [0.4, 0.5) is 0 Å². The van der Waals surface area contributed by atoms with E-state index in [1.165, 1.54) is 0 Å². The molecule has 2 N–H and O–H groups in total. The molecule has 2 atom stereocenters. The Morgan fingerprint density at radius 1 is 1.04 bits per heavy atom. The lowest BCUT2D eigenvalue weighted by atomic mass is 10.0. The highest BCUT2D eigenvalue weighted by molar-refractivity contribution is 5.47. The molecule has 0 amide bonds. The third-order valence-electron chi connectivity index (χ3n) is 4.24. The van der Waals surface area contributed by atoms with Crippen LogP contribution in [-0.4, -0.2) is 25.4 Å². The van der Waals surface area contributed by atoms with E-state index in [1.54, 1.807) is 14.2 Å². The van der Waals surface area contributed by atoms with Crippen LogP contribution in [0.5, 0.6) is 11.5 Å². The van der Waals surface area contributed by atoms with Crippen LogP contribution in [0.1, 0.15) is 36.1 Å². The van der Waals surface area contributed by atoms with E-state index in [0.717, 1.165) is 34.7 Å². The van der Waals surface area contributed by atoms with Crippen LogP contribution in [-0.2, 0) is 6.54 Å². The van der Waals surface area contributed by atoms with Crippen LogP contribution in [0.2, 0.25) is 0 Å². The average molecular weight is 329 g/mol. The first-order chi connectivity index (χ1) is 11.5. The molecular weight excluding hydrogens is 302 g/mol. The molecule has 130 valence electrons. The van der Waals surface area contributed by atoms with E-state index in [4.69, 9.17) is 9.47 Å². The van der Waals surface area contributed by atoms with Crippen LogP contribution < -0.4 is 14.8 Å². The molecule has 2 unspecified atom stereocenters. The zero-order chi connectivity index (χ0) is 17.5. The summed E-state index contributed by atoms with van der Waals surface area (Å²) in [5.74, 6) is 1.48. The molecule has 0 aliphatic heterocycles. The lowest BCUT2D eigenvalue weighted by Gasteiger charge is -2.19. The average Bonchev–Trinajstić information content (AvgIpc) is 2.61. The fourth-order valence-corrected chi connectivity index (χ4v) is 2.73. The highest BCUT2D eigenvalue weighted by Gasteiger charge is 2.13. The van der Waals surface area contributed by atoms with Gasteiger partial charge < -0.3 is 19.9 Å². The van der Waals surface area contributed by atoms with Gasteiger partial charge in [0, 0.05) is 12.6 Å². The molecule has 4 heteroatoms. The summed E-state index contributed by atoms with van der Waals surface area (Å²) in [6.07, 6.45) is 0.205. The summed E-state index contributed by atoms with van der Waals surface area (Å²) in [4.78, 5) is 0. The maximum atomic E-state index is 10.3. The Kier molecular flexibility index (Phi) is 6.64. The number of aliphatic hydroxyl groups is 1. The summed E-state index contributed by atoms with van der Waals surface area (Å²) >= 11 is 0. The van der Waals surface area contributed by atoms with Crippen LogP contribution in [0.25, 0.3) is 0 Å². The Balaban J connectivity index is 1.95. The molecule has 0 aromatic heterocycles. The number of aryl methyl sites for hydroxylation is 1. The van der Waals surface area contributed by atoms with Gasteiger partial charge in [-0.25, -0.2) is 0 Å². The Labute approximate surface area is 144 Å². The Bertz CT molecular complexity index is 643. The van der Waals surface area contributed by atoms with Gasteiger partial charge >= 0.3 is 0 Å². The van der Waals surface area contributed by atoms with Crippen molar-refractivity contribution in [2.45, 2.75) is 39.0 Å². The van der Waals surface area contributed by atoms with Crippen LogP contribution in [0.3, 0.4) is 0 Å². The van der Waals surface area contributed by atoms with Crippen molar-refractivity contribution in [3.63, 3.8) is 0 Å². The van der Waals surface area contributed by atoms with Gasteiger partial charge in [0.2, 0.25) is 0 Å². The topological polar surface area (TPSA) is 50.7 Å². The van der Waals surface area contributed by atoms with Crippen molar-refractivity contribution < 1.29 is 14.6 Å². The number of nitrogens with one attached hydrogen (secondary N) is 1. The molecule has 0 heterocycles. The summed E-state index contributed by atoms with van der Waals surface area (Å²) in [6.45, 7) is 4.86. The predicted molar refractivity (Wildman–Crippen MR) is 96.6 cm³/mol. The zero-order valence-electron chi connectivity index (χ0n) is 14.9. The van der Waals surface area contributed by atoms with Crippen molar-refractivity contribution in [1.82, 2.24) is 5.32 Å². The predicted octanol–water partition coefficient (Wildman–Crippen LogP) is 3.61. The van der Waals surface area contributed by atoms with Gasteiger partial charge in [-0.15, -0.1) is 0 Å². The summed E-state index contributed by atoms with van der Waals surface area (Å²) in [5, 5.41) is 13.8. The normalized spacial score (nSPS) is 13.4. The van der Waals surface area contributed by atoms with E-state index in [0.29, 0.717) is 6.42 Å². The van der Waals surface area contributed by atoms with E-state index < -0.39 is 6.10 Å². The van der Waals surface area contributed by atoms with E-state index in [1.807, 2.05) is 42.5 Å². The molecule has 0 aliphatic rings. The fraction of sp³-hybridized carbons (Fsp3) is 0.400. The largest absolute Gasteiger partial charge is 0.493 e. The third kappa shape index (κ3) is 4.73. The number of rotatable bonds is 8. The summed E-state index contributed by atoms with van der Waals surface area (Å²) in [5.41, 5.74) is 3.26. The van der Waals surface area contributed by atoms with E-state index in [-0.39, 0.29) is 6.04 Å². The molecule has 0 bridgehead atoms. The van der Waals surface area contributed by atoms with E-state index in [2.05, 4.69) is 19.2 Å². The van der Waals surface area contributed by atoms with Gasteiger partial charge in [-0.3, -0.25) is 0 Å². The number of hydrogen-bond donors (Lipinski definition) is 2. The molecule has 0 saturated heterocycles. The minimum absolute atomic E-state index is 0.188. The van der Waals surface area contributed by atoms with Gasteiger partial charge in [0.25, 0.3) is 0 Å².